The lowest BCUT2D eigenvalue weighted by molar-refractivity contribution is -0.00256. The first kappa shape index (κ1) is 21.8. The zero-order chi connectivity index (χ0) is 19.8. The Kier molecular flexibility index (Phi) is 8.42. The minimum absolute atomic E-state index is 0.126. The van der Waals surface area contributed by atoms with Crippen molar-refractivity contribution in [2.75, 3.05) is 53.5 Å². The van der Waals surface area contributed by atoms with Crippen LogP contribution in [0.3, 0.4) is 0 Å². The number of nitrogens with zero attached hydrogens (tertiary/aromatic N) is 3. The maximum absolute atomic E-state index is 5.61. The Bertz CT molecular complexity index is 483. The molecule has 1 saturated carbocycles. The fourth-order valence-corrected chi connectivity index (χ4v) is 5.14. The van der Waals surface area contributed by atoms with Crippen LogP contribution in [0.25, 0.3) is 0 Å². The van der Waals surface area contributed by atoms with E-state index in [1.807, 2.05) is 0 Å². The summed E-state index contributed by atoms with van der Waals surface area (Å²) in [5.74, 6) is 0.991. The van der Waals surface area contributed by atoms with E-state index in [4.69, 9.17) is 9.73 Å². The fourth-order valence-electron chi connectivity index (χ4n) is 5.14. The molecule has 0 bridgehead atoms. The highest BCUT2D eigenvalue weighted by Crippen LogP contribution is 2.27. The average Bonchev–Trinajstić information content (AvgIpc) is 2.74. The molecule has 0 aromatic carbocycles. The summed E-state index contributed by atoms with van der Waals surface area (Å²) in [6.07, 6.45) is 11.7. The number of ether oxygens (including phenoxy) is 1. The monoisotopic (exact) mass is 393 g/mol. The molecule has 0 amide bonds. The fraction of sp³-hybridized carbons (Fsp3) is 0.955. The zero-order valence-electron chi connectivity index (χ0n) is 18.5. The molecular weight excluding hydrogens is 350 g/mol. The number of hydrogen-bond donors (Lipinski definition) is 2. The number of piperidine rings is 1. The van der Waals surface area contributed by atoms with Crippen LogP contribution in [-0.2, 0) is 4.74 Å². The van der Waals surface area contributed by atoms with E-state index in [2.05, 4.69) is 41.5 Å². The van der Waals surface area contributed by atoms with Gasteiger partial charge in [0.15, 0.2) is 5.96 Å². The second kappa shape index (κ2) is 10.8. The summed E-state index contributed by atoms with van der Waals surface area (Å²) in [6.45, 7) is 8.03. The molecule has 2 aliphatic heterocycles. The van der Waals surface area contributed by atoms with Gasteiger partial charge in [-0.3, -0.25) is 9.89 Å². The van der Waals surface area contributed by atoms with Crippen LogP contribution >= 0.6 is 0 Å². The topological polar surface area (TPSA) is 52.1 Å². The van der Waals surface area contributed by atoms with Gasteiger partial charge in [0.1, 0.15) is 0 Å². The molecular formula is C22H43N5O. The summed E-state index contributed by atoms with van der Waals surface area (Å²) in [5, 5.41) is 7.26. The second-order valence-corrected chi connectivity index (χ2v) is 9.20. The maximum atomic E-state index is 5.61. The van der Waals surface area contributed by atoms with E-state index in [1.54, 1.807) is 0 Å². The van der Waals surface area contributed by atoms with Crippen molar-refractivity contribution in [2.24, 2.45) is 4.99 Å². The minimum atomic E-state index is 0.126. The third-order valence-corrected chi connectivity index (χ3v) is 7.13. The quantitative estimate of drug-likeness (QED) is 0.536. The second-order valence-electron chi connectivity index (χ2n) is 9.20. The van der Waals surface area contributed by atoms with Crippen LogP contribution in [-0.4, -0.2) is 86.9 Å². The summed E-state index contributed by atoms with van der Waals surface area (Å²) in [7, 11) is 4.37. The van der Waals surface area contributed by atoms with E-state index in [-0.39, 0.29) is 5.54 Å². The molecule has 6 heteroatoms. The van der Waals surface area contributed by atoms with E-state index in [0.717, 1.165) is 51.1 Å². The van der Waals surface area contributed by atoms with Gasteiger partial charge in [0.25, 0.3) is 0 Å². The third-order valence-electron chi connectivity index (χ3n) is 7.13. The number of likely N-dealkylation sites (N-methyl/N-ethyl adjacent to an activating group) is 1. The molecule has 3 rings (SSSR count). The predicted molar refractivity (Wildman–Crippen MR) is 117 cm³/mol. The molecule has 3 fully saturated rings. The number of guanidine groups is 1. The van der Waals surface area contributed by atoms with Crippen molar-refractivity contribution < 1.29 is 4.74 Å². The first-order valence-electron chi connectivity index (χ1n) is 11.7. The van der Waals surface area contributed by atoms with E-state index >= 15 is 0 Å². The van der Waals surface area contributed by atoms with Gasteiger partial charge in [-0.2, -0.15) is 0 Å². The average molecular weight is 394 g/mol. The Balaban J connectivity index is 1.59. The summed E-state index contributed by atoms with van der Waals surface area (Å²) in [5.41, 5.74) is 0.126. The van der Waals surface area contributed by atoms with Crippen LogP contribution in [0, 0.1) is 0 Å². The standard InChI is InChI=1S/C22H43N5O/c1-4-23-21(24-18-22(26(2)3)12-15-28-16-13-22)25-19-9-8-14-27(17-19)20-10-6-5-7-11-20/h19-20H,4-18H2,1-3H3,(H2,23,24,25). The largest absolute Gasteiger partial charge is 0.381 e. The lowest BCUT2D eigenvalue weighted by Gasteiger charge is -2.42. The van der Waals surface area contributed by atoms with Crippen LogP contribution in [0.15, 0.2) is 4.99 Å². The van der Waals surface area contributed by atoms with Crippen molar-refractivity contribution >= 4 is 5.96 Å². The highest BCUT2D eigenvalue weighted by molar-refractivity contribution is 5.80. The highest BCUT2D eigenvalue weighted by Gasteiger charge is 2.35. The first-order valence-corrected chi connectivity index (χ1v) is 11.7. The van der Waals surface area contributed by atoms with Crippen LogP contribution < -0.4 is 10.6 Å². The van der Waals surface area contributed by atoms with Crippen LogP contribution in [0.5, 0.6) is 0 Å². The van der Waals surface area contributed by atoms with Crippen molar-refractivity contribution in [1.29, 1.82) is 0 Å². The van der Waals surface area contributed by atoms with Gasteiger partial charge in [-0.1, -0.05) is 19.3 Å². The Hall–Kier alpha value is -0.850. The van der Waals surface area contributed by atoms with Gasteiger partial charge in [-0.25, -0.2) is 0 Å². The molecule has 0 radical (unpaired) electrons. The summed E-state index contributed by atoms with van der Waals surface area (Å²) >= 11 is 0. The molecule has 6 nitrogen and oxygen atoms in total. The lowest BCUT2D eigenvalue weighted by atomic mass is 9.89. The van der Waals surface area contributed by atoms with Gasteiger partial charge in [-0.15, -0.1) is 0 Å². The van der Waals surface area contributed by atoms with E-state index in [9.17, 15) is 0 Å². The number of likely N-dealkylation sites (tertiary alicyclic amines) is 1. The van der Waals surface area contributed by atoms with Crippen LogP contribution in [0.2, 0.25) is 0 Å². The van der Waals surface area contributed by atoms with Gasteiger partial charge in [0, 0.05) is 43.9 Å². The molecule has 0 aromatic heterocycles. The first-order chi connectivity index (χ1) is 13.6. The summed E-state index contributed by atoms with van der Waals surface area (Å²) < 4.78 is 5.61. The number of hydrogen-bond acceptors (Lipinski definition) is 4. The van der Waals surface area contributed by atoms with E-state index in [0.29, 0.717) is 6.04 Å². The number of rotatable bonds is 6. The van der Waals surface area contributed by atoms with Crippen molar-refractivity contribution in [1.82, 2.24) is 20.4 Å². The van der Waals surface area contributed by atoms with Crippen LogP contribution in [0.1, 0.15) is 64.7 Å². The highest BCUT2D eigenvalue weighted by atomic mass is 16.5. The van der Waals surface area contributed by atoms with Crippen molar-refractivity contribution in [3.63, 3.8) is 0 Å². The van der Waals surface area contributed by atoms with Crippen molar-refractivity contribution in [2.45, 2.75) is 82.3 Å². The predicted octanol–water partition coefficient (Wildman–Crippen LogP) is 2.45. The molecule has 3 aliphatic rings. The van der Waals surface area contributed by atoms with E-state index in [1.165, 1.54) is 58.0 Å². The summed E-state index contributed by atoms with van der Waals surface area (Å²) in [4.78, 5) is 10.1. The Labute approximate surface area is 172 Å². The molecule has 1 unspecified atom stereocenters. The molecule has 2 N–H and O–H groups in total. The number of nitrogens with one attached hydrogen (secondary N) is 2. The SMILES string of the molecule is CCNC(=NCC1(N(C)C)CCOCC1)NC1CCCN(C2CCCCC2)C1. The lowest BCUT2D eigenvalue weighted by Crippen LogP contribution is -2.55. The molecule has 0 spiro atoms. The van der Waals surface area contributed by atoms with Crippen molar-refractivity contribution in [3.05, 3.63) is 0 Å². The Morgan fingerprint density at radius 3 is 2.54 bits per heavy atom. The molecule has 1 atom stereocenters. The Morgan fingerprint density at radius 2 is 1.86 bits per heavy atom. The van der Waals surface area contributed by atoms with Crippen LogP contribution in [0.4, 0.5) is 0 Å². The normalized spacial score (nSPS) is 27.7. The number of aliphatic imine (C=N–C) groups is 1. The van der Waals surface area contributed by atoms with Gasteiger partial charge in [-0.05, 0) is 66.1 Å². The third kappa shape index (κ3) is 5.83. The van der Waals surface area contributed by atoms with Gasteiger partial charge in [0.05, 0.1) is 6.54 Å². The minimum Gasteiger partial charge on any atom is -0.381 e. The van der Waals surface area contributed by atoms with Gasteiger partial charge < -0.3 is 20.3 Å². The van der Waals surface area contributed by atoms with Gasteiger partial charge in [0.2, 0.25) is 0 Å². The maximum Gasteiger partial charge on any atom is 0.191 e. The molecule has 0 aromatic rings. The molecule has 1 aliphatic carbocycles. The molecule has 2 heterocycles. The summed E-state index contributed by atoms with van der Waals surface area (Å²) in [6, 6.07) is 1.33. The van der Waals surface area contributed by atoms with Gasteiger partial charge >= 0.3 is 0 Å². The van der Waals surface area contributed by atoms with E-state index < -0.39 is 0 Å². The molecule has 162 valence electrons. The van der Waals surface area contributed by atoms with Crippen molar-refractivity contribution in [3.8, 4) is 0 Å². The molecule has 28 heavy (non-hydrogen) atoms. The zero-order valence-corrected chi connectivity index (χ0v) is 18.5. The molecule has 2 saturated heterocycles. The Morgan fingerprint density at radius 1 is 1.11 bits per heavy atom. The smallest absolute Gasteiger partial charge is 0.191 e.